The van der Waals surface area contributed by atoms with E-state index in [9.17, 15) is 0 Å². The molecule has 0 saturated carbocycles. The molecule has 0 saturated heterocycles. The van der Waals surface area contributed by atoms with Crippen LogP contribution in [-0.2, 0) is 5.88 Å². The van der Waals surface area contributed by atoms with E-state index in [0.29, 0.717) is 17.1 Å². The third-order valence-electron chi connectivity index (χ3n) is 2.11. The van der Waals surface area contributed by atoms with Crippen LogP contribution in [0.5, 0.6) is 5.75 Å². The minimum absolute atomic E-state index is 0.344. The molecule has 0 aromatic heterocycles. The Morgan fingerprint density at radius 1 is 1.43 bits per heavy atom. The van der Waals surface area contributed by atoms with Crippen molar-refractivity contribution in [3.63, 3.8) is 0 Å². The molecule has 0 aliphatic heterocycles. The SMILES string of the molecule is COc1cc(B(O)O)cc(C)c1CCl. The molecular formula is C9H12BClO3. The maximum absolute atomic E-state index is 9.00. The highest BCUT2D eigenvalue weighted by atomic mass is 35.5. The topological polar surface area (TPSA) is 49.7 Å². The van der Waals surface area contributed by atoms with Crippen LogP contribution in [0.3, 0.4) is 0 Å². The average molecular weight is 214 g/mol. The lowest BCUT2D eigenvalue weighted by Crippen LogP contribution is -2.30. The summed E-state index contributed by atoms with van der Waals surface area (Å²) in [5.74, 6) is 0.930. The second-order valence-electron chi connectivity index (χ2n) is 3.03. The van der Waals surface area contributed by atoms with Crippen LogP contribution >= 0.6 is 11.6 Å². The number of ether oxygens (including phenoxy) is 1. The summed E-state index contributed by atoms with van der Waals surface area (Å²) in [5, 5.41) is 18.0. The molecule has 0 radical (unpaired) electrons. The van der Waals surface area contributed by atoms with Gasteiger partial charge in [-0.2, -0.15) is 0 Å². The normalized spacial score (nSPS) is 10.1. The fourth-order valence-electron chi connectivity index (χ4n) is 1.31. The Morgan fingerprint density at radius 3 is 2.50 bits per heavy atom. The van der Waals surface area contributed by atoms with Gasteiger partial charge in [0, 0.05) is 5.56 Å². The van der Waals surface area contributed by atoms with Crippen LogP contribution in [0.25, 0.3) is 0 Å². The first-order valence-electron chi connectivity index (χ1n) is 4.19. The molecule has 14 heavy (non-hydrogen) atoms. The average Bonchev–Trinajstić information content (AvgIpc) is 2.16. The number of rotatable bonds is 3. The van der Waals surface area contributed by atoms with Crippen LogP contribution < -0.4 is 10.2 Å². The summed E-state index contributed by atoms with van der Waals surface area (Å²) in [6, 6.07) is 3.26. The monoisotopic (exact) mass is 214 g/mol. The molecule has 0 aliphatic carbocycles. The highest BCUT2D eigenvalue weighted by molar-refractivity contribution is 6.58. The first-order valence-corrected chi connectivity index (χ1v) is 4.73. The first-order chi connectivity index (χ1) is 6.60. The lowest BCUT2D eigenvalue weighted by atomic mass is 9.79. The van der Waals surface area contributed by atoms with E-state index in [4.69, 9.17) is 26.4 Å². The minimum Gasteiger partial charge on any atom is -0.496 e. The number of hydrogen-bond acceptors (Lipinski definition) is 3. The van der Waals surface area contributed by atoms with E-state index in [1.54, 1.807) is 12.1 Å². The zero-order valence-electron chi connectivity index (χ0n) is 8.12. The molecule has 76 valence electrons. The number of aryl methyl sites for hydroxylation is 1. The van der Waals surface area contributed by atoms with Crippen molar-refractivity contribution in [2.75, 3.05) is 7.11 Å². The van der Waals surface area contributed by atoms with Crippen molar-refractivity contribution in [1.82, 2.24) is 0 Å². The number of benzene rings is 1. The van der Waals surface area contributed by atoms with Gasteiger partial charge in [-0.1, -0.05) is 6.07 Å². The van der Waals surface area contributed by atoms with E-state index in [1.807, 2.05) is 6.92 Å². The van der Waals surface area contributed by atoms with Crippen LogP contribution in [0.15, 0.2) is 12.1 Å². The summed E-state index contributed by atoms with van der Waals surface area (Å²) in [6.07, 6.45) is 0. The van der Waals surface area contributed by atoms with Crippen molar-refractivity contribution in [2.24, 2.45) is 0 Å². The first kappa shape index (κ1) is 11.4. The molecule has 0 aliphatic rings. The Balaban J connectivity index is 3.24. The Kier molecular flexibility index (Phi) is 3.81. The maximum Gasteiger partial charge on any atom is 0.488 e. The molecule has 2 N–H and O–H groups in total. The third-order valence-corrected chi connectivity index (χ3v) is 2.37. The molecule has 1 rings (SSSR count). The van der Waals surface area contributed by atoms with Gasteiger partial charge in [-0.3, -0.25) is 0 Å². The largest absolute Gasteiger partial charge is 0.496 e. The van der Waals surface area contributed by atoms with Gasteiger partial charge < -0.3 is 14.8 Å². The van der Waals surface area contributed by atoms with Crippen molar-refractivity contribution in [3.8, 4) is 5.75 Å². The summed E-state index contributed by atoms with van der Waals surface area (Å²) in [7, 11) is 0.0465. The van der Waals surface area contributed by atoms with Crippen molar-refractivity contribution < 1.29 is 14.8 Å². The standard InChI is InChI=1S/C9H12BClO3/c1-6-3-7(10(12)13)4-9(14-2)8(6)5-11/h3-4,12-13H,5H2,1-2H3. The van der Waals surface area contributed by atoms with E-state index in [2.05, 4.69) is 0 Å². The lowest BCUT2D eigenvalue weighted by Gasteiger charge is -2.11. The molecule has 0 bridgehead atoms. The third kappa shape index (κ3) is 2.21. The molecule has 3 nitrogen and oxygen atoms in total. The quantitative estimate of drug-likeness (QED) is 0.566. The second-order valence-corrected chi connectivity index (χ2v) is 3.29. The van der Waals surface area contributed by atoms with Crippen molar-refractivity contribution >= 4 is 24.2 Å². The van der Waals surface area contributed by atoms with Gasteiger partial charge in [0.2, 0.25) is 0 Å². The zero-order chi connectivity index (χ0) is 10.7. The smallest absolute Gasteiger partial charge is 0.488 e. The molecule has 0 spiro atoms. The van der Waals surface area contributed by atoms with Gasteiger partial charge in [-0.05, 0) is 24.0 Å². The van der Waals surface area contributed by atoms with Gasteiger partial charge in [-0.15, -0.1) is 11.6 Å². The van der Waals surface area contributed by atoms with Crippen LogP contribution in [-0.4, -0.2) is 24.3 Å². The van der Waals surface area contributed by atoms with E-state index in [-0.39, 0.29) is 0 Å². The molecule has 5 heteroatoms. The molecule has 1 aromatic rings. The number of halogens is 1. The predicted octanol–water partition coefficient (Wildman–Crippen LogP) is 0.422. The summed E-state index contributed by atoms with van der Waals surface area (Å²) in [5.41, 5.74) is 2.18. The fourth-order valence-corrected chi connectivity index (χ4v) is 1.66. The van der Waals surface area contributed by atoms with Crippen molar-refractivity contribution in [3.05, 3.63) is 23.3 Å². The van der Waals surface area contributed by atoms with Crippen LogP contribution in [0.4, 0.5) is 0 Å². The van der Waals surface area contributed by atoms with Crippen LogP contribution in [0.2, 0.25) is 0 Å². The summed E-state index contributed by atoms with van der Waals surface area (Å²) >= 11 is 5.74. The lowest BCUT2D eigenvalue weighted by molar-refractivity contribution is 0.408. The zero-order valence-corrected chi connectivity index (χ0v) is 8.88. The van der Waals surface area contributed by atoms with Crippen molar-refractivity contribution in [1.29, 1.82) is 0 Å². The second kappa shape index (κ2) is 4.69. The molecule has 1 aromatic carbocycles. The van der Waals surface area contributed by atoms with Crippen LogP contribution in [0, 0.1) is 6.92 Å². The Hall–Kier alpha value is -0.705. The van der Waals surface area contributed by atoms with Crippen molar-refractivity contribution in [2.45, 2.75) is 12.8 Å². The minimum atomic E-state index is -1.48. The molecule has 0 unspecified atom stereocenters. The number of hydrogen-bond donors (Lipinski definition) is 2. The summed E-state index contributed by atoms with van der Waals surface area (Å²) in [6.45, 7) is 1.85. The van der Waals surface area contributed by atoms with Crippen LogP contribution in [0.1, 0.15) is 11.1 Å². The van der Waals surface area contributed by atoms with Gasteiger partial charge in [0.1, 0.15) is 5.75 Å². The summed E-state index contributed by atoms with van der Waals surface area (Å²) in [4.78, 5) is 0. The van der Waals surface area contributed by atoms with Gasteiger partial charge in [-0.25, -0.2) is 0 Å². The Labute approximate surface area is 88.4 Å². The molecule has 0 atom stereocenters. The Bertz CT molecular complexity index is 328. The summed E-state index contributed by atoms with van der Waals surface area (Å²) < 4.78 is 5.10. The maximum atomic E-state index is 9.00. The molecule has 0 heterocycles. The molecule has 0 amide bonds. The van der Waals surface area contributed by atoms with E-state index in [1.165, 1.54) is 7.11 Å². The van der Waals surface area contributed by atoms with Gasteiger partial charge >= 0.3 is 7.12 Å². The fraction of sp³-hybridized carbons (Fsp3) is 0.333. The van der Waals surface area contributed by atoms with Gasteiger partial charge in [0.25, 0.3) is 0 Å². The van der Waals surface area contributed by atoms with E-state index >= 15 is 0 Å². The predicted molar refractivity (Wildman–Crippen MR) is 57.1 cm³/mol. The van der Waals surface area contributed by atoms with E-state index in [0.717, 1.165) is 11.1 Å². The number of methoxy groups -OCH3 is 1. The number of alkyl halides is 1. The highest BCUT2D eigenvalue weighted by Crippen LogP contribution is 2.22. The molecule has 0 fully saturated rings. The Morgan fingerprint density at radius 2 is 2.07 bits per heavy atom. The highest BCUT2D eigenvalue weighted by Gasteiger charge is 2.15. The molecular weight excluding hydrogens is 202 g/mol. The van der Waals surface area contributed by atoms with Gasteiger partial charge in [0.15, 0.2) is 0 Å². The van der Waals surface area contributed by atoms with E-state index < -0.39 is 7.12 Å². The van der Waals surface area contributed by atoms with Gasteiger partial charge in [0.05, 0.1) is 13.0 Å².